The van der Waals surface area contributed by atoms with E-state index in [0.717, 1.165) is 10.8 Å². The molecule has 2 aliphatic rings. The van der Waals surface area contributed by atoms with Gasteiger partial charge in [-0.25, -0.2) is 9.78 Å². The second kappa shape index (κ2) is 5.84. The number of nitrogens with one attached hydrogen (secondary N) is 1. The summed E-state index contributed by atoms with van der Waals surface area (Å²) >= 11 is 0. The molecule has 2 atom stereocenters. The Morgan fingerprint density at radius 1 is 1.44 bits per heavy atom. The van der Waals surface area contributed by atoms with Crippen LogP contribution in [0.5, 0.6) is 0 Å². The maximum Gasteiger partial charge on any atom is 0.415 e. The van der Waals surface area contributed by atoms with Crippen molar-refractivity contribution in [2.45, 2.75) is 25.9 Å². The number of pyridine rings is 1. The van der Waals surface area contributed by atoms with Crippen molar-refractivity contribution in [1.29, 1.82) is 5.26 Å². The highest BCUT2D eigenvalue weighted by Gasteiger charge is 2.43. The number of benzene rings is 1. The standard InChI is InChI=1S/C19H19N5O3/c1-19(2)9-24(18(26)27-19)12-3-10-5-16(22-8-14(10)15(21)6-12)23-17(25)13-4-11(13)7-20/h3,5-6,8,11,13H,4,9,21H2,1-2H3,(H,22,23,25). The summed E-state index contributed by atoms with van der Waals surface area (Å²) in [6.45, 7) is 4.11. The van der Waals surface area contributed by atoms with E-state index >= 15 is 0 Å². The number of amides is 2. The number of carbonyl (C=O) groups excluding carboxylic acids is 2. The van der Waals surface area contributed by atoms with Crippen LogP contribution in [-0.4, -0.2) is 29.1 Å². The zero-order valence-electron chi connectivity index (χ0n) is 15.0. The fourth-order valence-electron chi connectivity index (χ4n) is 3.31. The Kier molecular flexibility index (Phi) is 3.70. The van der Waals surface area contributed by atoms with Gasteiger partial charge in [-0.3, -0.25) is 9.69 Å². The lowest BCUT2D eigenvalue weighted by molar-refractivity contribution is -0.117. The number of cyclic esters (lactones) is 1. The number of carbonyl (C=O) groups is 2. The van der Waals surface area contributed by atoms with Crippen LogP contribution in [-0.2, 0) is 9.53 Å². The van der Waals surface area contributed by atoms with Gasteiger partial charge in [0.25, 0.3) is 0 Å². The van der Waals surface area contributed by atoms with Gasteiger partial charge in [-0.05, 0) is 43.9 Å². The van der Waals surface area contributed by atoms with Gasteiger partial charge in [-0.1, -0.05) is 0 Å². The van der Waals surface area contributed by atoms with E-state index in [-0.39, 0.29) is 17.7 Å². The van der Waals surface area contributed by atoms with Crippen molar-refractivity contribution in [3.05, 3.63) is 24.4 Å². The number of rotatable bonds is 3. The van der Waals surface area contributed by atoms with Crippen LogP contribution in [0, 0.1) is 23.2 Å². The summed E-state index contributed by atoms with van der Waals surface area (Å²) in [5.74, 6) is -0.304. The van der Waals surface area contributed by atoms with E-state index in [1.165, 1.54) is 4.90 Å². The molecule has 2 fully saturated rings. The van der Waals surface area contributed by atoms with Gasteiger partial charge in [0, 0.05) is 23.0 Å². The van der Waals surface area contributed by atoms with E-state index in [1.807, 2.05) is 19.9 Å². The van der Waals surface area contributed by atoms with E-state index < -0.39 is 11.7 Å². The first kappa shape index (κ1) is 17.1. The van der Waals surface area contributed by atoms with E-state index in [4.69, 9.17) is 15.7 Å². The molecular formula is C19H19N5O3. The summed E-state index contributed by atoms with van der Waals surface area (Å²) in [5, 5.41) is 13.1. The zero-order valence-corrected chi connectivity index (χ0v) is 15.0. The van der Waals surface area contributed by atoms with Gasteiger partial charge in [-0.15, -0.1) is 0 Å². The molecule has 2 aromatic rings. The molecule has 1 aliphatic heterocycles. The third kappa shape index (κ3) is 3.12. The van der Waals surface area contributed by atoms with Crippen molar-refractivity contribution in [2.24, 2.45) is 11.8 Å². The fraction of sp³-hybridized carbons (Fsp3) is 0.368. The lowest BCUT2D eigenvalue weighted by Gasteiger charge is -2.17. The number of nitriles is 1. The molecule has 1 aromatic heterocycles. The Balaban J connectivity index is 1.64. The van der Waals surface area contributed by atoms with Crippen LogP contribution in [0.4, 0.5) is 22.0 Å². The molecule has 2 amide bonds. The van der Waals surface area contributed by atoms with Crippen LogP contribution in [0.25, 0.3) is 10.8 Å². The van der Waals surface area contributed by atoms with Crippen LogP contribution in [0.1, 0.15) is 20.3 Å². The number of nitrogens with zero attached hydrogens (tertiary/aromatic N) is 3. The lowest BCUT2D eigenvalue weighted by Crippen LogP contribution is -2.28. The van der Waals surface area contributed by atoms with Crippen LogP contribution < -0.4 is 16.0 Å². The molecular weight excluding hydrogens is 346 g/mol. The summed E-state index contributed by atoms with van der Waals surface area (Å²) in [4.78, 5) is 30.1. The predicted molar refractivity (Wildman–Crippen MR) is 99.9 cm³/mol. The molecule has 2 heterocycles. The number of hydrogen-bond donors (Lipinski definition) is 2. The topological polar surface area (TPSA) is 121 Å². The molecule has 1 aromatic carbocycles. The number of hydrogen-bond acceptors (Lipinski definition) is 6. The number of aromatic nitrogens is 1. The summed E-state index contributed by atoms with van der Waals surface area (Å²) in [5.41, 5.74) is 6.69. The molecule has 1 saturated carbocycles. The first-order chi connectivity index (χ1) is 12.8. The summed E-state index contributed by atoms with van der Waals surface area (Å²) in [6.07, 6.45) is 1.75. The van der Waals surface area contributed by atoms with E-state index in [1.54, 1.807) is 18.3 Å². The monoisotopic (exact) mass is 365 g/mol. The number of ether oxygens (including phenoxy) is 1. The van der Waals surface area contributed by atoms with Gasteiger partial charge in [0.2, 0.25) is 5.91 Å². The molecule has 3 N–H and O–H groups in total. The van der Waals surface area contributed by atoms with Gasteiger partial charge in [0.1, 0.15) is 11.4 Å². The Hall–Kier alpha value is -3.34. The van der Waals surface area contributed by atoms with Crippen molar-refractivity contribution < 1.29 is 14.3 Å². The smallest absolute Gasteiger partial charge is 0.415 e. The predicted octanol–water partition coefficient (Wildman–Crippen LogP) is 2.65. The molecule has 4 rings (SSSR count). The second-order valence-electron chi connectivity index (χ2n) is 7.61. The molecule has 8 nitrogen and oxygen atoms in total. The maximum absolute atomic E-state index is 12.2. The second-order valence-corrected chi connectivity index (χ2v) is 7.61. The summed E-state index contributed by atoms with van der Waals surface area (Å²) in [6, 6.07) is 7.34. The third-order valence-corrected chi connectivity index (χ3v) is 4.83. The van der Waals surface area contributed by atoms with Gasteiger partial charge >= 0.3 is 6.09 Å². The van der Waals surface area contributed by atoms with Gasteiger partial charge in [0.15, 0.2) is 0 Å². The van der Waals surface area contributed by atoms with Crippen LogP contribution >= 0.6 is 0 Å². The average Bonchev–Trinajstić information content (AvgIpc) is 3.33. The Labute approximate surface area is 155 Å². The minimum Gasteiger partial charge on any atom is -0.441 e. The van der Waals surface area contributed by atoms with Gasteiger partial charge in [-0.2, -0.15) is 5.26 Å². The molecule has 1 saturated heterocycles. The fourth-order valence-corrected chi connectivity index (χ4v) is 3.31. The van der Waals surface area contributed by atoms with Crippen LogP contribution in [0.3, 0.4) is 0 Å². The minimum atomic E-state index is -0.570. The van der Waals surface area contributed by atoms with Gasteiger partial charge < -0.3 is 15.8 Å². The average molecular weight is 365 g/mol. The molecule has 0 radical (unpaired) electrons. The van der Waals surface area contributed by atoms with Crippen LogP contribution in [0.2, 0.25) is 0 Å². The Bertz CT molecular complexity index is 1010. The molecule has 27 heavy (non-hydrogen) atoms. The Morgan fingerprint density at radius 3 is 2.85 bits per heavy atom. The largest absolute Gasteiger partial charge is 0.441 e. The SMILES string of the molecule is CC1(C)CN(c2cc(N)c3cnc(NC(=O)C4CC4C#N)cc3c2)C(=O)O1. The van der Waals surface area contributed by atoms with E-state index in [0.29, 0.717) is 30.2 Å². The van der Waals surface area contributed by atoms with Crippen molar-refractivity contribution >= 4 is 40.0 Å². The van der Waals surface area contributed by atoms with Crippen molar-refractivity contribution in [3.8, 4) is 6.07 Å². The first-order valence-electron chi connectivity index (χ1n) is 8.68. The number of nitrogen functional groups attached to an aromatic ring is 1. The quantitative estimate of drug-likeness (QED) is 0.807. The molecule has 0 spiro atoms. The number of anilines is 3. The van der Waals surface area contributed by atoms with Crippen molar-refractivity contribution in [3.63, 3.8) is 0 Å². The third-order valence-electron chi connectivity index (χ3n) is 4.83. The van der Waals surface area contributed by atoms with E-state index in [9.17, 15) is 9.59 Å². The maximum atomic E-state index is 12.2. The first-order valence-corrected chi connectivity index (χ1v) is 8.68. The molecule has 0 bridgehead atoms. The van der Waals surface area contributed by atoms with Crippen LogP contribution in [0.15, 0.2) is 24.4 Å². The number of nitrogens with two attached hydrogens (primary N) is 1. The zero-order chi connectivity index (χ0) is 19.3. The minimum absolute atomic E-state index is 0.206. The summed E-state index contributed by atoms with van der Waals surface area (Å²) in [7, 11) is 0. The number of fused-ring (bicyclic) bond motifs is 1. The van der Waals surface area contributed by atoms with Gasteiger partial charge in [0.05, 0.1) is 24.4 Å². The van der Waals surface area contributed by atoms with Crippen molar-refractivity contribution in [1.82, 2.24) is 4.98 Å². The normalized spacial score (nSPS) is 23.0. The lowest BCUT2D eigenvalue weighted by atomic mass is 10.1. The Morgan fingerprint density at radius 2 is 2.22 bits per heavy atom. The highest BCUT2D eigenvalue weighted by molar-refractivity contribution is 6.02. The molecule has 1 aliphatic carbocycles. The molecule has 138 valence electrons. The molecule has 8 heteroatoms. The highest BCUT2D eigenvalue weighted by Crippen LogP contribution is 2.39. The van der Waals surface area contributed by atoms with E-state index in [2.05, 4.69) is 16.4 Å². The highest BCUT2D eigenvalue weighted by atomic mass is 16.6. The molecule has 2 unspecified atom stereocenters. The van der Waals surface area contributed by atoms with Crippen molar-refractivity contribution in [2.75, 3.05) is 22.5 Å². The summed E-state index contributed by atoms with van der Waals surface area (Å²) < 4.78 is 5.35.